The lowest BCUT2D eigenvalue weighted by Gasteiger charge is -2.10. The average molecular weight is 285 g/mol. The largest absolute Gasteiger partial charge is 0.481 e. The highest BCUT2D eigenvalue weighted by Crippen LogP contribution is 2.14. The molecule has 0 aromatic heterocycles. The first kappa shape index (κ1) is 15.7. The molecule has 19 heavy (non-hydrogen) atoms. The van der Waals surface area contributed by atoms with Crippen LogP contribution in [0.1, 0.15) is 25.3 Å². The number of carbonyl (C=O) groups is 1. The van der Waals surface area contributed by atoms with E-state index in [1.807, 2.05) is 0 Å². The second-order valence-electron chi connectivity index (χ2n) is 4.54. The minimum absolute atomic E-state index is 0.244. The van der Waals surface area contributed by atoms with E-state index in [0.717, 1.165) is 0 Å². The Morgan fingerprint density at radius 2 is 2.00 bits per heavy atom. The molecule has 0 fully saturated rings. The van der Waals surface area contributed by atoms with Gasteiger partial charge >= 0.3 is 5.97 Å². The molecule has 0 spiro atoms. The molecule has 0 bridgehead atoms. The van der Waals surface area contributed by atoms with Gasteiger partial charge in [0, 0.05) is 6.54 Å². The number of nitrogens with one attached hydrogen (secondary N) is 1. The molecular formula is C13H19NO4S. The predicted octanol–water partition coefficient (Wildman–Crippen LogP) is 1.77. The number of carboxylic acids is 1. The van der Waals surface area contributed by atoms with E-state index in [2.05, 4.69) is 4.72 Å². The Morgan fingerprint density at radius 3 is 2.58 bits per heavy atom. The quantitative estimate of drug-likeness (QED) is 0.748. The minimum atomic E-state index is -3.51. The molecule has 0 heterocycles. The summed E-state index contributed by atoms with van der Waals surface area (Å²) in [5.41, 5.74) is 0.689. The average Bonchev–Trinajstić information content (AvgIpc) is 2.34. The van der Waals surface area contributed by atoms with Crippen molar-refractivity contribution < 1.29 is 18.3 Å². The van der Waals surface area contributed by atoms with E-state index in [0.29, 0.717) is 18.4 Å². The Hall–Kier alpha value is -1.40. The first-order chi connectivity index (χ1) is 8.84. The predicted molar refractivity (Wildman–Crippen MR) is 72.4 cm³/mol. The van der Waals surface area contributed by atoms with Crippen LogP contribution in [-0.2, 0) is 14.8 Å². The molecule has 6 heteroatoms. The number of carboxylic acid groups (broad SMARTS) is 1. The molecule has 0 amide bonds. The van der Waals surface area contributed by atoms with Gasteiger partial charge in [0.15, 0.2) is 0 Å². The highest BCUT2D eigenvalue weighted by Gasteiger charge is 2.16. The van der Waals surface area contributed by atoms with Crippen molar-refractivity contribution in [3.8, 4) is 0 Å². The third-order valence-electron chi connectivity index (χ3n) is 2.91. The zero-order valence-corrected chi connectivity index (χ0v) is 11.9. The van der Waals surface area contributed by atoms with Gasteiger partial charge in [-0.05, 0) is 31.4 Å². The van der Waals surface area contributed by atoms with Gasteiger partial charge in [-0.2, -0.15) is 0 Å². The fourth-order valence-electron chi connectivity index (χ4n) is 1.67. The third-order valence-corrected chi connectivity index (χ3v) is 4.53. The molecule has 0 radical (unpaired) electrons. The van der Waals surface area contributed by atoms with E-state index in [9.17, 15) is 13.2 Å². The van der Waals surface area contributed by atoms with Crippen LogP contribution < -0.4 is 4.72 Å². The second kappa shape index (κ2) is 6.68. The normalized spacial score (nSPS) is 13.2. The highest BCUT2D eigenvalue weighted by molar-refractivity contribution is 7.89. The molecule has 5 nitrogen and oxygen atoms in total. The molecule has 2 N–H and O–H groups in total. The molecule has 1 aromatic carbocycles. The number of hydrogen-bond acceptors (Lipinski definition) is 3. The first-order valence-corrected chi connectivity index (χ1v) is 7.61. The maximum absolute atomic E-state index is 12.0. The highest BCUT2D eigenvalue weighted by atomic mass is 32.2. The van der Waals surface area contributed by atoms with Gasteiger partial charge in [-0.1, -0.05) is 25.1 Å². The molecule has 0 aliphatic rings. The van der Waals surface area contributed by atoms with Crippen LogP contribution >= 0.6 is 0 Å². The Kier molecular flexibility index (Phi) is 5.50. The van der Waals surface area contributed by atoms with Crippen LogP contribution in [-0.4, -0.2) is 26.0 Å². The molecule has 0 aliphatic heterocycles. The summed E-state index contributed by atoms with van der Waals surface area (Å²) in [5, 5.41) is 8.72. The van der Waals surface area contributed by atoms with Gasteiger partial charge in [-0.25, -0.2) is 13.1 Å². The molecule has 1 atom stereocenters. The smallest absolute Gasteiger partial charge is 0.306 e. The Balaban J connectivity index is 2.53. The van der Waals surface area contributed by atoms with Crippen molar-refractivity contribution in [1.29, 1.82) is 0 Å². The zero-order valence-electron chi connectivity index (χ0n) is 11.1. The van der Waals surface area contributed by atoms with Gasteiger partial charge in [-0.3, -0.25) is 4.79 Å². The van der Waals surface area contributed by atoms with Crippen LogP contribution in [0.2, 0.25) is 0 Å². The lowest BCUT2D eigenvalue weighted by molar-refractivity contribution is -0.141. The van der Waals surface area contributed by atoms with Gasteiger partial charge in [0.05, 0.1) is 10.8 Å². The number of aliphatic carboxylic acids is 1. The van der Waals surface area contributed by atoms with Crippen LogP contribution in [0.3, 0.4) is 0 Å². The molecule has 0 saturated heterocycles. The first-order valence-electron chi connectivity index (χ1n) is 6.12. The fourth-order valence-corrected chi connectivity index (χ4v) is 2.99. The van der Waals surface area contributed by atoms with Crippen molar-refractivity contribution in [2.24, 2.45) is 5.92 Å². The van der Waals surface area contributed by atoms with Crippen LogP contribution in [0.25, 0.3) is 0 Å². The van der Waals surface area contributed by atoms with Crippen molar-refractivity contribution in [2.45, 2.75) is 31.6 Å². The summed E-state index contributed by atoms with van der Waals surface area (Å²) >= 11 is 0. The maximum atomic E-state index is 12.0. The molecule has 106 valence electrons. The van der Waals surface area contributed by atoms with Crippen molar-refractivity contribution in [2.75, 3.05) is 6.54 Å². The molecule has 1 unspecified atom stereocenters. The Labute approximate surface area is 113 Å². The summed E-state index contributed by atoms with van der Waals surface area (Å²) in [7, 11) is -3.51. The van der Waals surface area contributed by atoms with Crippen molar-refractivity contribution in [3.63, 3.8) is 0 Å². The topological polar surface area (TPSA) is 83.5 Å². The van der Waals surface area contributed by atoms with Gasteiger partial charge in [0.2, 0.25) is 10.0 Å². The standard InChI is InChI=1S/C13H19NO4S/c1-10-6-3-4-8-12(10)19(17,18)14-9-5-7-11(2)13(15)16/h3-4,6,8,11,14H,5,7,9H2,1-2H3,(H,15,16). The van der Waals surface area contributed by atoms with Crippen molar-refractivity contribution in [3.05, 3.63) is 29.8 Å². The summed E-state index contributed by atoms with van der Waals surface area (Å²) in [6.45, 7) is 3.59. The molecular weight excluding hydrogens is 266 g/mol. The zero-order chi connectivity index (χ0) is 14.5. The third kappa shape index (κ3) is 4.65. The summed E-state index contributed by atoms with van der Waals surface area (Å²) in [6, 6.07) is 6.75. The molecule has 1 rings (SSSR count). The van der Waals surface area contributed by atoms with Crippen LogP contribution in [0.15, 0.2) is 29.2 Å². The van der Waals surface area contributed by atoms with Crippen LogP contribution in [0.5, 0.6) is 0 Å². The van der Waals surface area contributed by atoms with Crippen molar-refractivity contribution >= 4 is 16.0 Å². The number of benzene rings is 1. The van der Waals surface area contributed by atoms with Gasteiger partial charge < -0.3 is 5.11 Å². The van der Waals surface area contributed by atoms with E-state index in [-0.39, 0.29) is 11.4 Å². The SMILES string of the molecule is Cc1ccccc1S(=O)(=O)NCCCC(C)C(=O)O. The fraction of sp³-hybridized carbons (Fsp3) is 0.462. The van der Waals surface area contributed by atoms with Crippen LogP contribution in [0, 0.1) is 12.8 Å². The summed E-state index contributed by atoms with van der Waals surface area (Å²) in [6.07, 6.45) is 0.949. The van der Waals surface area contributed by atoms with E-state index in [4.69, 9.17) is 5.11 Å². The van der Waals surface area contributed by atoms with Gasteiger partial charge in [0.25, 0.3) is 0 Å². The molecule has 1 aromatic rings. The van der Waals surface area contributed by atoms with Crippen LogP contribution in [0.4, 0.5) is 0 Å². The maximum Gasteiger partial charge on any atom is 0.306 e. The molecule has 0 aliphatic carbocycles. The summed E-state index contributed by atoms with van der Waals surface area (Å²) in [4.78, 5) is 10.9. The Morgan fingerprint density at radius 1 is 1.37 bits per heavy atom. The van der Waals surface area contributed by atoms with Gasteiger partial charge in [-0.15, -0.1) is 0 Å². The molecule has 0 saturated carbocycles. The van der Waals surface area contributed by atoms with E-state index >= 15 is 0 Å². The number of rotatable bonds is 7. The summed E-state index contributed by atoms with van der Waals surface area (Å²) in [5.74, 6) is -1.32. The number of hydrogen-bond donors (Lipinski definition) is 2. The summed E-state index contributed by atoms with van der Waals surface area (Å²) < 4.78 is 26.5. The lowest BCUT2D eigenvalue weighted by Crippen LogP contribution is -2.26. The minimum Gasteiger partial charge on any atom is -0.481 e. The van der Waals surface area contributed by atoms with E-state index in [1.54, 1.807) is 38.1 Å². The lowest BCUT2D eigenvalue weighted by atomic mass is 10.1. The second-order valence-corrected chi connectivity index (χ2v) is 6.28. The van der Waals surface area contributed by atoms with Crippen molar-refractivity contribution in [1.82, 2.24) is 4.72 Å². The monoisotopic (exact) mass is 285 g/mol. The Bertz CT molecular complexity index is 539. The van der Waals surface area contributed by atoms with E-state index < -0.39 is 21.9 Å². The number of aryl methyl sites for hydroxylation is 1. The number of sulfonamides is 1. The van der Waals surface area contributed by atoms with Gasteiger partial charge in [0.1, 0.15) is 0 Å². The van der Waals surface area contributed by atoms with E-state index in [1.165, 1.54) is 0 Å².